The first-order valence-electron chi connectivity index (χ1n) is 6.10. The summed E-state index contributed by atoms with van der Waals surface area (Å²) in [7, 11) is -3.11. The summed E-state index contributed by atoms with van der Waals surface area (Å²) in [5.41, 5.74) is 6.56. The van der Waals surface area contributed by atoms with Crippen molar-refractivity contribution in [2.75, 3.05) is 17.3 Å². The molecule has 19 heavy (non-hydrogen) atoms. The van der Waals surface area contributed by atoms with Crippen LogP contribution in [-0.4, -0.2) is 42.6 Å². The topological polar surface area (TPSA) is 118 Å². The van der Waals surface area contributed by atoms with E-state index >= 15 is 0 Å². The lowest BCUT2D eigenvalue weighted by atomic mass is 10.2. The van der Waals surface area contributed by atoms with Gasteiger partial charge in [0.05, 0.1) is 11.8 Å². The minimum absolute atomic E-state index is 0.0942. The first-order valence-corrected chi connectivity index (χ1v) is 8.16. The molecule has 7 nitrogen and oxygen atoms in total. The van der Waals surface area contributed by atoms with Gasteiger partial charge in [0.25, 0.3) is 0 Å². The maximum Gasteiger partial charge on any atom is 0.242 e. The molecule has 1 rings (SSSR count). The lowest BCUT2D eigenvalue weighted by Gasteiger charge is -2.09. The smallest absolute Gasteiger partial charge is 0.242 e. The molecule has 1 aromatic rings. The molecule has 0 radical (unpaired) electrons. The largest absolute Gasteiger partial charge is 0.320 e. The summed E-state index contributed by atoms with van der Waals surface area (Å²) in [6.45, 7) is 2.04. The molecule has 1 unspecified atom stereocenters. The number of hydrogen-bond acceptors (Lipinski definition) is 5. The number of nitrogens with one attached hydrogen (secondary N) is 2. The van der Waals surface area contributed by atoms with Crippen molar-refractivity contribution in [1.82, 2.24) is 10.2 Å². The first kappa shape index (κ1) is 15.6. The fraction of sp³-hybridized carbons (Fsp3) is 0.636. The van der Waals surface area contributed by atoms with Crippen molar-refractivity contribution in [3.8, 4) is 0 Å². The number of anilines is 1. The summed E-state index contributed by atoms with van der Waals surface area (Å²) in [4.78, 5) is 11.7. The van der Waals surface area contributed by atoms with Crippen molar-refractivity contribution < 1.29 is 13.2 Å². The van der Waals surface area contributed by atoms with E-state index in [1.165, 1.54) is 0 Å². The SMILES string of the molecule is CCCc1cc(NC(=O)C(N)CCS(C)(=O)=O)n[nH]1. The van der Waals surface area contributed by atoms with E-state index in [9.17, 15) is 13.2 Å². The van der Waals surface area contributed by atoms with Gasteiger partial charge in [0.15, 0.2) is 5.82 Å². The van der Waals surface area contributed by atoms with Crippen molar-refractivity contribution in [2.45, 2.75) is 32.2 Å². The Kier molecular flexibility index (Phi) is 5.49. The summed E-state index contributed by atoms with van der Waals surface area (Å²) >= 11 is 0. The molecule has 1 heterocycles. The number of aromatic amines is 1. The van der Waals surface area contributed by atoms with Gasteiger partial charge in [0, 0.05) is 18.0 Å². The Labute approximate surface area is 112 Å². The van der Waals surface area contributed by atoms with E-state index in [0.717, 1.165) is 24.8 Å². The number of nitrogens with two attached hydrogens (primary N) is 1. The Morgan fingerprint density at radius 1 is 1.58 bits per heavy atom. The average Bonchev–Trinajstić information content (AvgIpc) is 2.73. The number of amides is 1. The fourth-order valence-corrected chi connectivity index (χ4v) is 2.20. The molecule has 108 valence electrons. The Bertz CT molecular complexity index is 524. The number of aryl methyl sites for hydroxylation is 1. The molecule has 0 aliphatic carbocycles. The summed E-state index contributed by atoms with van der Waals surface area (Å²) < 4.78 is 22.0. The van der Waals surface area contributed by atoms with E-state index in [0.29, 0.717) is 5.82 Å². The molecule has 4 N–H and O–H groups in total. The van der Waals surface area contributed by atoms with Crippen LogP contribution in [0.5, 0.6) is 0 Å². The molecule has 0 aliphatic rings. The van der Waals surface area contributed by atoms with Crippen LogP contribution in [0.3, 0.4) is 0 Å². The van der Waals surface area contributed by atoms with Gasteiger partial charge in [-0.25, -0.2) is 8.42 Å². The van der Waals surface area contributed by atoms with Crippen LogP contribution in [0.2, 0.25) is 0 Å². The molecule has 0 saturated carbocycles. The number of hydrogen-bond donors (Lipinski definition) is 3. The van der Waals surface area contributed by atoms with Crippen molar-refractivity contribution >= 4 is 21.6 Å². The van der Waals surface area contributed by atoms with Crippen LogP contribution in [0.15, 0.2) is 6.07 Å². The highest BCUT2D eigenvalue weighted by atomic mass is 32.2. The Morgan fingerprint density at radius 3 is 2.84 bits per heavy atom. The summed E-state index contributed by atoms with van der Waals surface area (Å²) in [5, 5.41) is 9.30. The van der Waals surface area contributed by atoms with Gasteiger partial charge in [0.2, 0.25) is 5.91 Å². The van der Waals surface area contributed by atoms with Crippen LogP contribution in [-0.2, 0) is 21.1 Å². The maximum absolute atomic E-state index is 11.7. The highest BCUT2D eigenvalue weighted by molar-refractivity contribution is 7.90. The number of rotatable bonds is 7. The molecule has 1 aromatic heterocycles. The second kappa shape index (κ2) is 6.67. The minimum atomic E-state index is -3.11. The van der Waals surface area contributed by atoms with Gasteiger partial charge in [-0.15, -0.1) is 0 Å². The molecule has 8 heteroatoms. The van der Waals surface area contributed by atoms with Crippen molar-refractivity contribution in [3.05, 3.63) is 11.8 Å². The van der Waals surface area contributed by atoms with Crippen molar-refractivity contribution in [3.63, 3.8) is 0 Å². The van der Waals surface area contributed by atoms with Crippen molar-refractivity contribution in [1.29, 1.82) is 0 Å². The Balaban J connectivity index is 2.49. The Hall–Kier alpha value is -1.41. The molecule has 0 fully saturated rings. The standard InChI is InChI=1S/C11H20N4O3S/c1-3-4-8-7-10(15-14-8)13-11(16)9(12)5-6-19(2,17)18/h7,9H,3-6,12H2,1-2H3,(H2,13,14,15,16). The highest BCUT2D eigenvalue weighted by Crippen LogP contribution is 2.08. The molecule has 1 atom stereocenters. The monoisotopic (exact) mass is 288 g/mol. The zero-order valence-electron chi connectivity index (χ0n) is 11.1. The predicted octanol–water partition coefficient (Wildman–Crippen LogP) is 0.0627. The van der Waals surface area contributed by atoms with Gasteiger partial charge in [-0.3, -0.25) is 9.89 Å². The number of nitrogens with zero attached hydrogens (tertiary/aromatic N) is 1. The Morgan fingerprint density at radius 2 is 2.26 bits per heavy atom. The van der Waals surface area contributed by atoms with Gasteiger partial charge in [0.1, 0.15) is 9.84 Å². The molecule has 0 saturated heterocycles. The number of carbonyl (C=O) groups excluding carboxylic acids is 1. The molecular formula is C11H20N4O3S. The normalized spacial score (nSPS) is 13.2. The first-order chi connectivity index (χ1) is 8.81. The third-order valence-corrected chi connectivity index (χ3v) is 3.52. The molecule has 1 amide bonds. The van der Waals surface area contributed by atoms with E-state index in [4.69, 9.17) is 5.73 Å². The van der Waals surface area contributed by atoms with Crippen LogP contribution < -0.4 is 11.1 Å². The van der Waals surface area contributed by atoms with Gasteiger partial charge in [-0.05, 0) is 12.8 Å². The number of carbonyl (C=O) groups is 1. The predicted molar refractivity (Wildman–Crippen MR) is 73.5 cm³/mol. The van der Waals surface area contributed by atoms with Crippen LogP contribution in [0.25, 0.3) is 0 Å². The van der Waals surface area contributed by atoms with Gasteiger partial charge in [-0.2, -0.15) is 5.10 Å². The lowest BCUT2D eigenvalue weighted by Crippen LogP contribution is -2.37. The van der Waals surface area contributed by atoms with Gasteiger partial charge >= 0.3 is 0 Å². The number of aromatic nitrogens is 2. The van der Waals surface area contributed by atoms with Crippen LogP contribution in [0, 0.1) is 0 Å². The summed E-state index contributed by atoms with van der Waals surface area (Å²) in [6, 6.07) is 0.881. The van der Waals surface area contributed by atoms with Crippen LogP contribution in [0.1, 0.15) is 25.5 Å². The molecule has 0 aromatic carbocycles. The quantitative estimate of drug-likeness (QED) is 0.656. The molecule has 0 bridgehead atoms. The third-order valence-electron chi connectivity index (χ3n) is 2.54. The van der Waals surface area contributed by atoms with Crippen LogP contribution in [0.4, 0.5) is 5.82 Å². The number of H-pyrrole nitrogens is 1. The minimum Gasteiger partial charge on any atom is -0.320 e. The zero-order valence-corrected chi connectivity index (χ0v) is 12.0. The fourth-order valence-electron chi connectivity index (χ4n) is 1.51. The zero-order chi connectivity index (χ0) is 14.5. The van der Waals surface area contributed by atoms with Gasteiger partial charge < -0.3 is 11.1 Å². The van der Waals surface area contributed by atoms with E-state index in [1.807, 2.05) is 6.92 Å². The van der Waals surface area contributed by atoms with E-state index < -0.39 is 21.8 Å². The van der Waals surface area contributed by atoms with E-state index in [-0.39, 0.29) is 12.2 Å². The van der Waals surface area contributed by atoms with Crippen molar-refractivity contribution in [2.24, 2.45) is 5.73 Å². The highest BCUT2D eigenvalue weighted by Gasteiger charge is 2.17. The molecule has 0 spiro atoms. The molecule has 0 aliphatic heterocycles. The van der Waals surface area contributed by atoms with E-state index in [1.54, 1.807) is 6.07 Å². The van der Waals surface area contributed by atoms with Crippen LogP contribution >= 0.6 is 0 Å². The second-order valence-electron chi connectivity index (χ2n) is 4.54. The second-order valence-corrected chi connectivity index (χ2v) is 6.80. The van der Waals surface area contributed by atoms with E-state index in [2.05, 4.69) is 15.5 Å². The number of sulfone groups is 1. The lowest BCUT2D eigenvalue weighted by molar-refractivity contribution is -0.117. The van der Waals surface area contributed by atoms with Gasteiger partial charge in [-0.1, -0.05) is 13.3 Å². The third kappa shape index (κ3) is 5.84. The summed E-state index contributed by atoms with van der Waals surface area (Å²) in [5.74, 6) is -0.134. The molecular weight excluding hydrogens is 268 g/mol. The summed E-state index contributed by atoms with van der Waals surface area (Å²) in [6.07, 6.45) is 3.03. The maximum atomic E-state index is 11.7. The average molecular weight is 288 g/mol.